The first-order valence-electron chi connectivity index (χ1n) is 9.74. The number of rotatable bonds is 9. The maximum Gasteiger partial charge on any atom is 0 e. The molecule has 0 aliphatic heterocycles. The number of hydrogen-bond donors (Lipinski definition) is 0. The molecule has 0 bridgehead atoms. The van der Waals surface area contributed by atoms with Gasteiger partial charge in [0.05, 0.1) is 0 Å². The van der Waals surface area contributed by atoms with Gasteiger partial charge in [0.2, 0.25) is 0 Å². The van der Waals surface area contributed by atoms with E-state index in [1.165, 1.54) is 70.6 Å². The molecular formula is C29H80Y-2. The molecule has 0 saturated heterocycles. The van der Waals surface area contributed by atoms with Gasteiger partial charge in [-0.25, -0.2) is 0 Å². The number of unbranched alkanes of at least 4 members (excludes halogenated alkanes) is 9. The molecule has 1 radical (unpaired) electrons. The third-order valence-corrected chi connectivity index (χ3v) is 2.77. The van der Waals surface area contributed by atoms with Gasteiger partial charge in [0.1, 0.15) is 0 Å². The molecule has 0 atom stereocenters. The fourth-order valence-corrected chi connectivity index (χ4v) is 1.43. The van der Waals surface area contributed by atoms with Crippen molar-refractivity contribution in [1.29, 1.82) is 0 Å². The summed E-state index contributed by atoms with van der Waals surface area (Å²) in [5.74, 6) is 0. The minimum absolute atomic E-state index is 0. The summed E-state index contributed by atoms with van der Waals surface area (Å²) in [5.41, 5.74) is 0. The van der Waals surface area contributed by atoms with E-state index in [0.29, 0.717) is 0 Å². The first-order chi connectivity index (χ1) is 10.2. The van der Waals surface area contributed by atoms with Gasteiger partial charge in [-0.05, 0) is 0 Å². The van der Waals surface area contributed by atoms with Crippen molar-refractivity contribution in [2.24, 2.45) is 0 Å². The van der Waals surface area contributed by atoms with Crippen molar-refractivity contribution in [2.75, 3.05) is 0 Å². The van der Waals surface area contributed by atoms with Gasteiger partial charge in [-0.3, -0.25) is 0 Å². The average molecular weight is 518 g/mol. The summed E-state index contributed by atoms with van der Waals surface area (Å²) in [4.78, 5) is 0. The normalized spacial score (nSPS) is 6.00. The standard InChI is InChI=1S/2C6H14.C6H13.C3H7.8CH4.Y/c3*1-3-5-6-4-2;1-3-2;;;;;;;;;/h2*3-6H2,1-2H3;1,3-6H2,2H3;1,3H2,2H3;8*1H4;/q;;2*-1;;;;;;;;;. The maximum absolute atomic E-state index is 3.72. The van der Waals surface area contributed by atoms with Crippen LogP contribution in [0.3, 0.4) is 0 Å². The largest absolute Gasteiger partial charge is 0.344 e. The molecular weight excluding hydrogens is 437 g/mol. The third-order valence-electron chi connectivity index (χ3n) is 2.77. The van der Waals surface area contributed by atoms with Crippen LogP contribution in [0.2, 0.25) is 0 Å². The predicted molar refractivity (Wildman–Crippen MR) is 159 cm³/mol. The average Bonchev–Trinajstić information content (AvgIpc) is 2.51. The van der Waals surface area contributed by atoms with Gasteiger partial charge < -0.3 is 13.8 Å². The zero-order chi connectivity index (χ0) is 17.2. The van der Waals surface area contributed by atoms with Crippen molar-refractivity contribution in [1.82, 2.24) is 0 Å². The molecule has 0 aromatic carbocycles. The summed E-state index contributed by atoms with van der Waals surface area (Å²) >= 11 is 0. The molecule has 0 rings (SSSR count). The van der Waals surface area contributed by atoms with Crippen LogP contribution in [0.25, 0.3) is 0 Å². The van der Waals surface area contributed by atoms with Crippen molar-refractivity contribution in [3.63, 3.8) is 0 Å². The van der Waals surface area contributed by atoms with Crippen LogP contribution in [-0.2, 0) is 32.7 Å². The molecule has 0 N–H and O–H groups in total. The molecule has 1 heteroatoms. The van der Waals surface area contributed by atoms with Gasteiger partial charge in [-0.1, -0.05) is 172 Å². The van der Waals surface area contributed by atoms with Gasteiger partial charge in [0.25, 0.3) is 0 Å². The van der Waals surface area contributed by atoms with E-state index in [0.717, 1.165) is 12.8 Å². The minimum Gasteiger partial charge on any atom is -0.344 e. The summed E-state index contributed by atoms with van der Waals surface area (Å²) in [6.07, 6.45) is 17.1. The Kier molecular flexibility index (Phi) is 367. The Morgan fingerprint density at radius 3 is 0.567 bits per heavy atom. The van der Waals surface area contributed by atoms with Crippen LogP contribution in [0.1, 0.15) is 184 Å². The van der Waals surface area contributed by atoms with Crippen LogP contribution in [0.5, 0.6) is 0 Å². The summed E-state index contributed by atoms with van der Waals surface area (Å²) in [6.45, 7) is 20.4. The van der Waals surface area contributed by atoms with Gasteiger partial charge in [-0.15, -0.1) is 0 Å². The first kappa shape index (κ1) is 86.0. The second-order valence-corrected chi connectivity index (χ2v) is 5.47. The topological polar surface area (TPSA) is 0 Å². The van der Waals surface area contributed by atoms with Gasteiger partial charge in [0.15, 0.2) is 0 Å². The summed E-state index contributed by atoms with van der Waals surface area (Å²) in [5, 5.41) is 0. The fourth-order valence-electron chi connectivity index (χ4n) is 1.43. The van der Waals surface area contributed by atoms with Crippen molar-refractivity contribution < 1.29 is 32.7 Å². The minimum atomic E-state index is 0. The smallest absolute Gasteiger partial charge is 0 e. The van der Waals surface area contributed by atoms with E-state index in [2.05, 4.69) is 48.5 Å². The summed E-state index contributed by atoms with van der Waals surface area (Å²) < 4.78 is 0. The Balaban J connectivity index is -0.0000000108. The van der Waals surface area contributed by atoms with E-state index in [-0.39, 0.29) is 92.1 Å². The maximum atomic E-state index is 3.72. The Morgan fingerprint density at radius 2 is 0.500 bits per heavy atom. The van der Waals surface area contributed by atoms with E-state index in [1.807, 2.05) is 6.92 Å². The molecule has 30 heavy (non-hydrogen) atoms. The monoisotopic (exact) mass is 518 g/mol. The molecule has 201 valence electrons. The molecule has 0 heterocycles. The summed E-state index contributed by atoms with van der Waals surface area (Å²) in [7, 11) is 0. The fraction of sp³-hybridized carbons (Fsp3) is 0.931. The van der Waals surface area contributed by atoms with E-state index >= 15 is 0 Å². The van der Waals surface area contributed by atoms with Crippen LogP contribution in [0, 0.1) is 13.8 Å². The van der Waals surface area contributed by atoms with Crippen molar-refractivity contribution in [2.45, 2.75) is 184 Å². The van der Waals surface area contributed by atoms with E-state index in [4.69, 9.17) is 0 Å². The second kappa shape index (κ2) is 128. The molecule has 0 nitrogen and oxygen atoms in total. The van der Waals surface area contributed by atoms with Crippen LogP contribution < -0.4 is 0 Å². The molecule has 0 spiro atoms. The second-order valence-electron chi connectivity index (χ2n) is 5.47. The van der Waals surface area contributed by atoms with Gasteiger partial charge in [-0.2, -0.15) is 12.8 Å². The molecule has 0 aromatic heterocycles. The van der Waals surface area contributed by atoms with Crippen LogP contribution in [-0.4, -0.2) is 0 Å². The van der Waals surface area contributed by atoms with Gasteiger partial charge in [0, 0.05) is 32.7 Å². The molecule has 0 aliphatic rings. The van der Waals surface area contributed by atoms with Crippen LogP contribution in [0.4, 0.5) is 0 Å². The Bertz CT molecular complexity index is 71.5. The van der Waals surface area contributed by atoms with Crippen molar-refractivity contribution in [3.05, 3.63) is 13.8 Å². The molecule has 0 fully saturated rings. The zero-order valence-electron chi connectivity index (χ0n) is 17.2. The SMILES string of the molecule is C.C.C.C.C.C.C.C.CCCCCC.CCCCCC.[CH2-]CC.[CH2-]CCCCC.[Y]. The van der Waals surface area contributed by atoms with Gasteiger partial charge >= 0.3 is 0 Å². The Labute approximate surface area is 229 Å². The molecule has 0 unspecified atom stereocenters. The molecule has 0 saturated carbocycles. The Morgan fingerprint density at radius 1 is 0.367 bits per heavy atom. The molecule has 0 aliphatic carbocycles. The van der Waals surface area contributed by atoms with E-state index in [1.54, 1.807) is 0 Å². The zero-order valence-corrected chi connectivity index (χ0v) is 20.0. The van der Waals surface area contributed by atoms with E-state index in [9.17, 15) is 0 Å². The predicted octanol–water partition coefficient (Wildman–Crippen LogP) is 13.9. The van der Waals surface area contributed by atoms with Crippen molar-refractivity contribution in [3.8, 4) is 0 Å². The third kappa shape index (κ3) is 225. The molecule has 0 aromatic rings. The first-order valence-corrected chi connectivity index (χ1v) is 9.74. The van der Waals surface area contributed by atoms with Crippen LogP contribution >= 0.6 is 0 Å². The Hall–Kier alpha value is 1.10. The summed E-state index contributed by atoms with van der Waals surface area (Å²) in [6, 6.07) is 0. The quantitative estimate of drug-likeness (QED) is 0.211. The molecule has 0 amide bonds. The van der Waals surface area contributed by atoms with Crippen molar-refractivity contribution >= 4 is 0 Å². The van der Waals surface area contributed by atoms with Crippen LogP contribution in [0.15, 0.2) is 0 Å². The number of hydrogen-bond acceptors (Lipinski definition) is 0. The van der Waals surface area contributed by atoms with E-state index < -0.39 is 0 Å².